The van der Waals surface area contributed by atoms with Gasteiger partial charge in [0.25, 0.3) is 0 Å². The molecule has 1 rings (SSSR count). The van der Waals surface area contributed by atoms with E-state index in [0.29, 0.717) is 19.5 Å². The molecular weight excluding hydrogens is 300 g/mol. The average molecular weight is 325 g/mol. The van der Waals surface area contributed by atoms with Crippen LogP contribution in [-0.4, -0.2) is 62.6 Å². The van der Waals surface area contributed by atoms with Crippen LogP contribution in [0.5, 0.6) is 0 Å². The van der Waals surface area contributed by atoms with E-state index in [9.17, 15) is 13.2 Å². The van der Waals surface area contributed by atoms with Gasteiger partial charge in [0.05, 0.1) is 5.75 Å². The first-order chi connectivity index (χ1) is 9.35. The van der Waals surface area contributed by atoms with E-state index in [2.05, 4.69) is 18.7 Å². The van der Waals surface area contributed by atoms with Crippen molar-refractivity contribution in [2.45, 2.75) is 33.1 Å². The first-order valence-electron chi connectivity index (χ1n) is 7.28. The van der Waals surface area contributed by atoms with Gasteiger partial charge in [-0.15, -0.1) is 0 Å². The molecule has 0 saturated carbocycles. The van der Waals surface area contributed by atoms with E-state index in [1.165, 1.54) is 0 Å². The molecule has 1 unspecified atom stereocenters. The van der Waals surface area contributed by atoms with Crippen LogP contribution in [-0.2, 0) is 13.8 Å². The second-order valence-electron chi connectivity index (χ2n) is 5.46. The standard InChI is InChI=1S/C13H25ClN2O3S/c1-3-5-15(6-4-2)7-8-16-10-12(9-13(16)17)11-20(14,18)19/h12H,3-11H2,1-2H3. The molecule has 1 heterocycles. The Morgan fingerprint density at radius 1 is 1.25 bits per heavy atom. The molecular formula is C13H25ClN2O3S. The maximum atomic E-state index is 11.9. The maximum absolute atomic E-state index is 11.9. The van der Waals surface area contributed by atoms with E-state index in [1.54, 1.807) is 4.90 Å². The SMILES string of the molecule is CCCN(CCC)CCN1CC(CS(=O)(=O)Cl)CC1=O. The number of carbonyl (C=O) groups excluding carboxylic acids is 1. The molecule has 0 aliphatic carbocycles. The Bertz CT molecular complexity index is 408. The quantitative estimate of drug-likeness (QED) is 0.603. The van der Waals surface area contributed by atoms with Crippen LogP contribution in [0.25, 0.3) is 0 Å². The number of halogens is 1. The fourth-order valence-electron chi connectivity index (χ4n) is 2.69. The average Bonchev–Trinajstić information content (AvgIpc) is 2.64. The van der Waals surface area contributed by atoms with Crippen molar-refractivity contribution in [2.24, 2.45) is 5.92 Å². The Morgan fingerprint density at radius 3 is 2.35 bits per heavy atom. The topological polar surface area (TPSA) is 57.7 Å². The highest BCUT2D eigenvalue weighted by Crippen LogP contribution is 2.20. The number of likely N-dealkylation sites (tertiary alicyclic amines) is 1. The van der Waals surface area contributed by atoms with Crippen molar-refractivity contribution < 1.29 is 13.2 Å². The molecule has 118 valence electrons. The zero-order chi connectivity index (χ0) is 15.2. The van der Waals surface area contributed by atoms with Gasteiger partial charge in [0.1, 0.15) is 0 Å². The van der Waals surface area contributed by atoms with Crippen LogP contribution in [0.2, 0.25) is 0 Å². The van der Waals surface area contributed by atoms with Gasteiger partial charge >= 0.3 is 0 Å². The lowest BCUT2D eigenvalue weighted by molar-refractivity contribution is -0.127. The molecule has 0 aromatic heterocycles. The summed E-state index contributed by atoms with van der Waals surface area (Å²) in [5.41, 5.74) is 0. The van der Waals surface area contributed by atoms with Crippen LogP contribution in [0.15, 0.2) is 0 Å². The zero-order valence-corrected chi connectivity index (χ0v) is 13.9. The van der Waals surface area contributed by atoms with Crippen molar-refractivity contribution in [3.63, 3.8) is 0 Å². The Balaban J connectivity index is 2.42. The zero-order valence-electron chi connectivity index (χ0n) is 12.3. The monoisotopic (exact) mass is 324 g/mol. The summed E-state index contributed by atoms with van der Waals surface area (Å²) < 4.78 is 22.1. The van der Waals surface area contributed by atoms with Crippen LogP contribution in [0.1, 0.15) is 33.1 Å². The van der Waals surface area contributed by atoms with Gasteiger partial charge < -0.3 is 9.80 Å². The largest absolute Gasteiger partial charge is 0.341 e. The maximum Gasteiger partial charge on any atom is 0.232 e. The van der Waals surface area contributed by atoms with Crippen LogP contribution in [0.4, 0.5) is 0 Å². The van der Waals surface area contributed by atoms with E-state index in [4.69, 9.17) is 10.7 Å². The molecule has 0 N–H and O–H groups in total. The van der Waals surface area contributed by atoms with Gasteiger partial charge in [0.2, 0.25) is 15.0 Å². The van der Waals surface area contributed by atoms with E-state index >= 15 is 0 Å². The minimum absolute atomic E-state index is 0.0447. The molecule has 1 saturated heterocycles. The van der Waals surface area contributed by atoms with Crippen LogP contribution in [0.3, 0.4) is 0 Å². The fourth-order valence-corrected chi connectivity index (χ4v) is 4.01. The van der Waals surface area contributed by atoms with Gasteiger partial charge in [0.15, 0.2) is 0 Å². The first-order valence-corrected chi connectivity index (χ1v) is 9.76. The normalized spacial score (nSPS) is 20.1. The Labute approximate surface area is 126 Å². The highest BCUT2D eigenvalue weighted by Gasteiger charge is 2.32. The number of rotatable bonds is 9. The molecule has 0 radical (unpaired) electrons. The lowest BCUT2D eigenvalue weighted by Crippen LogP contribution is -2.37. The van der Waals surface area contributed by atoms with Crippen molar-refractivity contribution in [1.29, 1.82) is 0 Å². The number of hydrogen-bond donors (Lipinski definition) is 0. The molecule has 0 aromatic carbocycles. The van der Waals surface area contributed by atoms with E-state index < -0.39 is 9.05 Å². The van der Waals surface area contributed by atoms with Crippen LogP contribution >= 0.6 is 10.7 Å². The summed E-state index contributed by atoms with van der Waals surface area (Å²) in [6, 6.07) is 0. The third kappa shape index (κ3) is 6.41. The Morgan fingerprint density at radius 2 is 1.85 bits per heavy atom. The molecule has 1 aliphatic rings. The molecule has 1 amide bonds. The third-order valence-electron chi connectivity index (χ3n) is 3.50. The molecule has 20 heavy (non-hydrogen) atoms. The minimum atomic E-state index is -3.52. The second-order valence-corrected chi connectivity index (χ2v) is 8.28. The summed E-state index contributed by atoms with van der Waals surface area (Å²) in [6.45, 7) is 8.41. The lowest BCUT2D eigenvalue weighted by atomic mass is 10.1. The third-order valence-corrected chi connectivity index (χ3v) is 4.74. The van der Waals surface area contributed by atoms with Crippen LogP contribution in [0, 0.1) is 5.92 Å². The molecule has 0 bridgehead atoms. The highest BCUT2D eigenvalue weighted by atomic mass is 35.7. The van der Waals surface area contributed by atoms with Crippen molar-refractivity contribution >= 4 is 25.6 Å². The smallest absolute Gasteiger partial charge is 0.232 e. The number of nitrogens with zero attached hydrogens (tertiary/aromatic N) is 2. The molecule has 0 spiro atoms. The second kappa shape index (κ2) is 8.20. The summed E-state index contributed by atoms with van der Waals surface area (Å²) in [6.07, 6.45) is 2.50. The summed E-state index contributed by atoms with van der Waals surface area (Å²) >= 11 is 0. The van der Waals surface area contributed by atoms with Gasteiger partial charge in [0, 0.05) is 42.7 Å². The summed E-state index contributed by atoms with van der Waals surface area (Å²) in [5, 5.41) is 0. The van der Waals surface area contributed by atoms with Crippen molar-refractivity contribution in [1.82, 2.24) is 9.80 Å². The lowest BCUT2D eigenvalue weighted by Gasteiger charge is -2.24. The van der Waals surface area contributed by atoms with Crippen LogP contribution < -0.4 is 0 Å². The number of hydrogen-bond acceptors (Lipinski definition) is 4. The van der Waals surface area contributed by atoms with Crippen molar-refractivity contribution in [3.8, 4) is 0 Å². The molecule has 0 aromatic rings. The molecule has 1 atom stereocenters. The Hall–Kier alpha value is -0.330. The van der Waals surface area contributed by atoms with E-state index in [-0.39, 0.29) is 17.6 Å². The van der Waals surface area contributed by atoms with Gasteiger partial charge in [-0.2, -0.15) is 0 Å². The van der Waals surface area contributed by atoms with E-state index in [1.807, 2.05) is 0 Å². The van der Waals surface area contributed by atoms with Crippen molar-refractivity contribution in [2.75, 3.05) is 38.5 Å². The summed E-state index contributed by atoms with van der Waals surface area (Å²) in [7, 11) is 1.73. The highest BCUT2D eigenvalue weighted by molar-refractivity contribution is 8.13. The van der Waals surface area contributed by atoms with Gasteiger partial charge in [-0.25, -0.2) is 8.42 Å². The molecule has 7 heteroatoms. The Kier molecular flexibility index (Phi) is 7.26. The number of carbonyl (C=O) groups is 1. The molecule has 1 fully saturated rings. The first kappa shape index (κ1) is 17.7. The molecule has 1 aliphatic heterocycles. The van der Waals surface area contributed by atoms with Gasteiger partial charge in [-0.05, 0) is 25.9 Å². The van der Waals surface area contributed by atoms with Gasteiger partial charge in [-0.1, -0.05) is 13.8 Å². The minimum Gasteiger partial charge on any atom is -0.341 e. The summed E-state index contributed by atoms with van der Waals surface area (Å²) in [4.78, 5) is 16.0. The predicted octanol–water partition coefficient (Wildman–Crippen LogP) is 1.53. The molecule has 5 nitrogen and oxygen atoms in total. The fraction of sp³-hybridized carbons (Fsp3) is 0.923. The summed E-state index contributed by atoms with van der Waals surface area (Å²) in [5.74, 6) is -0.219. The van der Waals surface area contributed by atoms with E-state index in [0.717, 1.165) is 32.5 Å². The predicted molar refractivity (Wildman–Crippen MR) is 81.3 cm³/mol. The van der Waals surface area contributed by atoms with Crippen molar-refractivity contribution in [3.05, 3.63) is 0 Å². The number of amides is 1. The van der Waals surface area contributed by atoms with Gasteiger partial charge in [-0.3, -0.25) is 4.79 Å².